The monoisotopic (exact) mass is 342 g/mol. The predicted octanol–water partition coefficient (Wildman–Crippen LogP) is 6.19. The van der Waals surface area contributed by atoms with Crippen molar-refractivity contribution < 1.29 is 9.47 Å². The Morgan fingerprint density at radius 1 is 1.04 bits per heavy atom. The van der Waals surface area contributed by atoms with Crippen molar-refractivity contribution in [2.75, 3.05) is 14.2 Å². The van der Waals surface area contributed by atoms with Gasteiger partial charge in [-0.2, -0.15) is 0 Å². The average Bonchev–Trinajstić information content (AvgIpc) is 2.58. The number of rotatable bonds is 4. The highest BCUT2D eigenvalue weighted by molar-refractivity contribution is 5.43. The molecule has 2 nitrogen and oxygen atoms in total. The molecule has 2 aliphatic rings. The first-order valence-corrected chi connectivity index (χ1v) is 9.75. The third-order valence-corrected chi connectivity index (χ3v) is 7.06. The SMILES string of the molecule is COc1ccc(OC)c(C[C@@]2(C)C3=C(CC[C@@H]2C)C(C)(C)CCC3)c1. The summed E-state index contributed by atoms with van der Waals surface area (Å²) in [5, 5.41) is 0. The summed E-state index contributed by atoms with van der Waals surface area (Å²) in [6, 6.07) is 6.20. The summed E-state index contributed by atoms with van der Waals surface area (Å²) in [5.41, 5.74) is 5.35. The highest BCUT2D eigenvalue weighted by atomic mass is 16.5. The van der Waals surface area contributed by atoms with Gasteiger partial charge in [-0.25, -0.2) is 0 Å². The number of ether oxygens (including phenoxy) is 2. The van der Waals surface area contributed by atoms with Crippen LogP contribution in [-0.2, 0) is 6.42 Å². The van der Waals surface area contributed by atoms with E-state index in [-0.39, 0.29) is 5.41 Å². The van der Waals surface area contributed by atoms with E-state index in [0.29, 0.717) is 11.3 Å². The van der Waals surface area contributed by atoms with Gasteiger partial charge in [-0.05, 0) is 79.0 Å². The van der Waals surface area contributed by atoms with Gasteiger partial charge in [0, 0.05) is 0 Å². The fraction of sp³-hybridized carbons (Fsp3) is 0.652. The number of allylic oxidation sites excluding steroid dienone is 2. The van der Waals surface area contributed by atoms with Gasteiger partial charge in [0.25, 0.3) is 0 Å². The maximum Gasteiger partial charge on any atom is 0.122 e. The van der Waals surface area contributed by atoms with Crippen molar-refractivity contribution in [1.82, 2.24) is 0 Å². The molecule has 0 fully saturated rings. The summed E-state index contributed by atoms with van der Waals surface area (Å²) in [6.07, 6.45) is 7.54. The number of methoxy groups -OCH3 is 2. The summed E-state index contributed by atoms with van der Waals surface area (Å²) >= 11 is 0. The van der Waals surface area contributed by atoms with Crippen LogP contribution >= 0.6 is 0 Å². The third kappa shape index (κ3) is 3.20. The number of hydrogen-bond donors (Lipinski definition) is 0. The van der Waals surface area contributed by atoms with Crippen LogP contribution in [0.5, 0.6) is 11.5 Å². The topological polar surface area (TPSA) is 18.5 Å². The zero-order chi connectivity index (χ0) is 18.2. The molecule has 0 N–H and O–H groups in total. The standard InChI is InChI=1S/C23H34O2/c1-16-9-11-19-20(8-7-13-22(19,2)3)23(16,4)15-17-14-18(24-5)10-12-21(17)25-6/h10,12,14,16H,7-9,11,13,15H2,1-6H3/t16-,23+/m0/s1. The smallest absolute Gasteiger partial charge is 0.122 e. The van der Waals surface area contributed by atoms with Gasteiger partial charge in [0.2, 0.25) is 0 Å². The first-order valence-electron chi connectivity index (χ1n) is 9.75. The van der Waals surface area contributed by atoms with Gasteiger partial charge in [-0.1, -0.05) is 38.8 Å². The van der Waals surface area contributed by atoms with Gasteiger partial charge >= 0.3 is 0 Å². The van der Waals surface area contributed by atoms with E-state index in [2.05, 4.69) is 33.8 Å². The fourth-order valence-electron chi connectivity index (χ4n) is 5.21. The summed E-state index contributed by atoms with van der Waals surface area (Å²) < 4.78 is 11.1. The molecule has 1 aromatic rings. The van der Waals surface area contributed by atoms with Crippen molar-refractivity contribution in [2.24, 2.45) is 16.7 Å². The fourth-order valence-corrected chi connectivity index (χ4v) is 5.21. The molecular weight excluding hydrogens is 308 g/mol. The normalized spacial score (nSPS) is 28.5. The first kappa shape index (κ1) is 18.4. The lowest BCUT2D eigenvalue weighted by atomic mass is 9.55. The van der Waals surface area contributed by atoms with Crippen LogP contribution in [0, 0.1) is 16.7 Å². The highest BCUT2D eigenvalue weighted by Crippen LogP contribution is 2.56. The lowest BCUT2D eigenvalue weighted by Gasteiger charge is -2.50. The maximum atomic E-state index is 5.67. The van der Waals surface area contributed by atoms with Gasteiger partial charge < -0.3 is 9.47 Å². The summed E-state index contributed by atoms with van der Waals surface area (Å²) in [4.78, 5) is 0. The molecule has 0 aromatic heterocycles. The van der Waals surface area contributed by atoms with Crippen molar-refractivity contribution in [3.05, 3.63) is 34.9 Å². The lowest BCUT2D eigenvalue weighted by Crippen LogP contribution is -2.39. The van der Waals surface area contributed by atoms with Gasteiger partial charge in [0.15, 0.2) is 0 Å². The van der Waals surface area contributed by atoms with Crippen molar-refractivity contribution in [1.29, 1.82) is 0 Å². The van der Waals surface area contributed by atoms with Gasteiger partial charge in [-0.15, -0.1) is 0 Å². The Morgan fingerprint density at radius 2 is 1.80 bits per heavy atom. The van der Waals surface area contributed by atoms with Crippen LogP contribution in [0.1, 0.15) is 65.4 Å². The van der Waals surface area contributed by atoms with Crippen molar-refractivity contribution in [2.45, 2.75) is 66.2 Å². The minimum absolute atomic E-state index is 0.213. The molecule has 2 aliphatic carbocycles. The Morgan fingerprint density at radius 3 is 2.48 bits per heavy atom. The molecule has 3 rings (SSSR count). The second-order valence-electron chi connectivity index (χ2n) is 8.91. The quantitative estimate of drug-likeness (QED) is 0.607. The van der Waals surface area contributed by atoms with Crippen LogP contribution in [0.15, 0.2) is 29.3 Å². The van der Waals surface area contributed by atoms with Crippen LogP contribution in [0.2, 0.25) is 0 Å². The van der Waals surface area contributed by atoms with Crippen LogP contribution in [0.25, 0.3) is 0 Å². The Bertz CT molecular complexity index is 671. The van der Waals surface area contributed by atoms with Crippen LogP contribution in [0.3, 0.4) is 0 Å². The third-order valence-electron chi connectivity index (χ3n) is 7.06. The van der Waals surface area contributed by atoms with E-state index < -0.39 is 0 Å². The molecule has 25 heavy (non-hydrogen) atoms. The number of hydrogen-bond acceptors (Lipinski definition) is 2. The zero-order valence-electron chi connectivity index (χ0n) is 16.9. The molecule has 0 aliphatic heterocycles. The van der Waals surface area contributed by atoms with Crippen molar-refractivity contribution in [3.63, 3.8) is 0 Å². The van der Waals surface area contributed by atoms with E-state index in [9.17, 15) is 0 Å². The molecule has 0 unspecified atom stereocenters. The molecule has 0 heterocycles. The van der Waals surface area contributed by atoms with Gasteiger partial charge in [-0.3, -0.25) is 0 Å². The molecule has 0 saturated carbocycles. The molecule has 2 heteroatoms. The van der Waals surface area contributed by atoms with E-state index in [1.807, 2.05) is 12.1 Å². The Balaban J connectivity index is 2.05. The molecule has 2 atom stereocenters. The minimum atomic E-state index is 0.213. The predicted molar refractivity (Wildman–Crippen MR) is 104 cm³/mol. The average molecular weight is 343 g/mol. The van der Waals surface area contributed by atoms with Crippen LogP contribution in [0.4, 0.5) is 0 Å². The van der Waals surface area contributed by atoms with Crippen molar-refractivity contribution >= 4 is 0 Å². The van der Waals surface area contributed by atoms with Crippen molar-refractivity contribution in [3.8, 4) is 11.5 Å². The van der Waals surface area contributed by atoms with Gasteiger partial charge in [0.1, 0.15) is 11.5 Å². The Kier molecular flexibility index (Phi) is 4.92. The number of benzene rings is 1. The zero-order valence-corrected chi connectivity index (χ0v) is 16.9. The molecule has 0 bridgehead atoms. The maximum absolute atomic E-state index is 5.67. The molecule has 138 valence electrons. The molecule has 0 saturated heterocycles. The summed E-state index contributed by atoms with van der Waals surface area (Å²) in [5.74, 6) is 2.59. The lowest BCUT2D eigenvalue weighted by molar-refractivity contribution is 0.178. The molecule has 0 radical (unpaired) electrons. The van der Waals surface area contributed by atoms with Crippen LogP contribution < -0.4 is 9.47 Å². The highest BCUT2D eigenvalue weighted by Gasteiger charge is 2.44. The molecular formula is C23H34O2. The first-order chi connectivity index (χ1) is 11.8. The van der Waals surface area contributed by atoms with Gasteiger partial charge in [0.05, 0.1) is 14.2 Å². The van der Waals surface area contributed by atoms with E-state index in [1.165, 1.54) is 37.7 Å². The van der Waals surface area contributed by atoms with E-state index >= 15 is 0 Å². The Hall–Kier alpha value is -1.44. The minimum Gasteiger partial charge on any atom is -0.497 e. The second-order valence-corrected chi connectivity index (χ2v) is 8.91. The van der Waals surface area contributed by atoms with E-state index in [0.717, 1.165) is 17.9 Å². The van der Waals surface area contributed by atoms with E-state index in [4.69, 9.17) is 9.47 Å². The molecule has 0 amide bonds. The Labute approximate surface area is 153 Å². The largest absolute Gasteiger partial charge is 0.497 e. The van der Waals surface area contributed by atoms with E-state index in [1.54, 1.807) is 25.4 Å². The molecule has 1 aromatic carbocycles. The molecule has 0 spiro atoms. The second kappa shape index (κ2) is 6.70. The van der Waals surface area contributed by atoms with Crippen LogP contribution in [-0.4, -0.2) is 14.2 Å². The summed E-state index contributed by atoms with van der Waals surface area (Å²) in [6.45, 7) is 9.83. The summed E-state index contributed by atoms with van der Waals surface area (Å²) in [7, 11) is 3.51.